The highest BCUT2D eigenvalue weighted by Crippen LogP contribution is 2.50. The molecule has 5 aromatic carbocycles. The second-order valence-corrected chi connectivity index (χ2v) is 26.5. The van der Waals surface area contributed by atoms with Gasteiger partial charge < -0.3 is 128 Å². The topological polar surface area (TPSA) is 525 Å². The molecule has 0 unspecified atom stereocenters. The fraction of sp³-hybridized carbons (Fsp3) is 0.424. The molecule has 0 aromatic heterocycles. The summed E-state index contributed by atoms with van der Waals surface area (Å²) in [7, 11) is 1.46. The van der Waals surface area contributed by atoms with E-state index in [-0.39, 0.29) is 41.2 Å². The van der Waals surface area contributed by atoms with Crippen LogP contribution in [0.2, 0.25) is 10.0 Å². The van der Waals surface area contributed by atoms with Crippen molar-refractivity contribution in [3.63, 3.8) is 0 Å². The summed E-state index contributed by atoms with van der Waals surface area (Å²) < 4.78 is 38.2. The molecular weight excluding hydrogens is 1380 g/mol. The van der Waals surface area contributed by atoms with Crippen molar-refractivity contribution in [2.75, 3.05) is 13.7 Å². The largest absolute Gasteiger partial charge is 0.508 e. The number of rotatable bonds is 12. The van der Waals surface area contributed by atoms with Gasteiger partial charge in [-0.15, -0.1) is 0 Å². The number of aliphatic hydroxyl groups excluding tert-OH is 6. The van der Waals surface area contributed by atoms with E-state index in [0.717, 1.165) is 72.8 Å². The van der Waals surface area contributed by atoms with E-state index in [1.54, 1.807) is 0 Å². The summed E-state index contributed by atoms with van der Waals surface area (Å²) in [6, 6.07) is -0.942. The number of phenolic OH excluding ortho intramolecular Hbond substituents is 3. The molecule has 12 rings (SSSR count). The first-order valence-corrected chi connectivity index (χ1v) is 32.3. The smallest absolute Gasteiger partial charge is 0.330 e. The van der Waals surface area contributed by atoms with Gasteiger partial charge in [-0.3, -0.25) is 28.8 Å². The SMILES string of the molecule is CN[C@@H](CC(C)C)C(=O)N[C@H]1C(=O)N[C@H](C(=O)O)CC(=O)N[C@H]2C(=O)N[C@H]3C(=O)N[C@H](C(=O)N[C@H](C(=O)O)c4cc(O)cc(O)c4-c4cc3ccc4O)[C@H](O)c3ccc(c(Cl)c3)Oc3cc2cc(c3O[C@@H]2O[C@H](CO)[C@@H](O)[C@H](O)[C@H]2O[C@H]2C[C@](C)(N)[C@H](O)[C@@H](C)O2)Oc2ccc(cc2Cl)[C@H]1O. The molecular formula is C66H74Cl2N8O25. The quantitative estimate of drug-likeness (QED) is 0.0817. The lowest BCUT2D eigenvalue weighted by Gasteiger charge is -2.47. The second-order valence-electron chi connectivity index (χ2n) is 25.6. The Morgan fingerprint density at radius 1 is 0.703 bits per heavy atom. The molecule has 0 saturated carbocycles. The zero-order chi connectivity index (χ0) is 73.5. The average Bonchev–Trinajstić information content (AvgIpc) is 0.953. The van der Waals surface area contributed by atoms with Crippen molar-refractivity contribution in [3.05, 3.63) is 117 Å². The summed E-state index contributed by atoms with van der Waals surface area (Å²) in [6.07, 6.45) is -18.8. The predicted octanol–water partition coefficient (Wildman–Crippen LogP) is 0.706. The molecule has 101 heavy (non-hydrogen) atoms. The van der Waals surface area contributed by atoms with Crippen molar-refractivity contribution in [3.8, 4) is 57.1 Å². The van der Waals surface area contributed by atoms with Crippen LogP contribution in [-0.4, -0.2) is 196 Å². The summed E-state index contributed by atoms with van der Waals surface area (Å²) in [4.78, 5) is 116. The number of hydrogen-bond donors (Lipinski definition) is 19. The lowest BCUT2D eigenvalue weighted by atomic mass is 9.86. The summed E-state index contributed by atoms with van der Waals surface area (Å²) in [5.74, 6) is -16.7. The predicted molar refractivity (Wildman–Crippen MR) is 348 cm³/mol. The number of halogens is 2. The highest BCUT2D eigenvalue weighted by molar-refractivity contribution is 6.32. The average molecular weight is 1450 g/mol. The Morgan fingerprint density at radius 2 is 1.32 bits per heavy atom. The fourth-order valence-electron chi connectivity index (χ4n) is 12.4. The lowest BCUT2D eigenvalue weighted by molar-refractivity contribution is -0.333. The number of carbonyl (C=O) groups is 8. The van der Waals surface area contributed by atoms with Gasteiger partial charge in [0.25, 0.3) is 0 Å². The maximum Gasteiger partial charge on any atom is 0.330 e. The Labute approximate surface area is 583 Å². The summed E-state index contributed by atoms with van der Waals surface area (Å²) in [5.41, 5.74) is 2.21. The number of aromatic hydroxyl groups is 3. The van der Waals surface area contributed by atoms with E-state index in [4.69, 9.17) is 57.4 Å². The van der Waals surface area contributed by atoms with Crippen molar-refractivity contribution in [1.29, 1.82) is 0 Å². The van der Waals surface area contributed by atoms with Crippen molar-refractivity contribution < 1.29 is 123 Å². The third-order valence-electron chi connectivity index (χ3n) is 17.8. The van der Waals surface area contributed by atoms with Crippen LogP contribution in [0.25, 0.3) is 11.1 Å². The number of amides is 6. The number of ether oxygens (including phenoxy) is 6. The molecule has 0 aliphatic carbocycles. The molecule has 2 saturated heterocycles. The fourth-order valence-corrected chi connectivity index (χ4v) is 12.9. The van der Waals surface area contributed by atoms with Gasteiger partial charge in [-0.2, -0.15) is 0 Å². The molecule has 7 aliphatic rings. The monoisotopic (exact) mass is 1450 g/mol. The van der Waals surface area contributed by atoms with Crippen LogP contribution in [0, 0.1) is 5.92 Å². The van der Waals surface area contributed by atoms with Crippen molar-refractivity contribution >= 4 is 70.6 Å². The Kier molecular flexibility index (Phi) is 22.2. The normalized spacial score (nSPS) is 29.6. The minimum absolute atomic E-state index is 0.0991. The molecule has 0 spiro atoms. The van der Waals surface area contributed by atoms with Crippen LogP contribution < -0.4 is 57.2 Å². The summed E-state index contributed by atoms with van der Waals surface area (Å²) >= 11 is 14.1. The maximum absolute atomic E-state index is 15.9. The molecule has 18 atom stereocenters. The number of fused-ring (bicyclic) bond motifs is 16. The van der Waals surface area contributed by atoms with Crippen molar-refractivity contribution in [1.82, 2.24) is 37.2 Å². The van der Waals surface area contributed by atoms with Gasteiger partial charge in [0.05, 0.1) is 41.3 Å². The molecule has 0 radical (unpaired) electrons. The van der Waals surface area contributed by atoms with Crippen LogP contribution in [0.15, 0.2) is 78.9 Å². The zero-order valence-corrected chi connectivity index (χ0v) is 55.7. The van der Waals surface area contributed by atoms with E-state index in [1.807, 2.05) is 13.8 Å². The lowest BCUT2D eigenvalue weighted by Crippen LogP contribution is -2.64. The first-order valence-electron chi connectivity index (χ1n) is 31.6. The van der Waals surface area contributed by atoms with Crippen LogP contribution >= 0.6 is 23.2 Å². The van der Waals surface area contributed by atoms with E-state index in [2.05, 4.69) is 37.2 Å². The minimum Gasteiger partial charge on any atom is -0.508 e. The number of nitrogens with one attached hydrogen (secondary N) is 7. The van der Waals surface area contributed by atoms with Gasteiger partial charge in [0.2, 0.25) is 47.5 Å². The van der Waals surface area contributed by atoms with Crippen molar-refractivity contribution in [2.24, 2.45) is 11.7 Å². The molecule has 11 bridgehead atoms. The molecule has 542 valence electrons. The van der Waals surface area contributed by atoms with Crippen LogP contribution in [0.3, 0.4) is 0 Å². The van der Waals surface area contributed by atoms with Crippen LogP contribution in [0.4, 0.5) is 0 Å². The van der Waals surface area contributed by atoms with Crippen molar-refractivity contribution in [2.45, 2.75) is 156 Å². The standard InChI is InChI=1S/C66H74Cl2N8O25/c1-23(2)12-34(70-5)58(87)75-49-51(82)26-7-10-38(32(67)14-26)97-40-16-28-17-41(55(40)101-65-56(54(85)53(84)42(22-77)99-65)100-44-21-66(4,69)57(86)24(3)96-44)98-39-11-8-27(15-33(39)68)52(83)50-62(91)74-48(64(94)95)31-18-29(78)19-37(80)45(31)30-13-25(6-9-36(30)79)46(59(88)76-50)73-60(89)47(28)72-43(81)20-35(63(92)93)71-61(49)90/h6-11,13-19,23-24,34-35,42,44,46-54,56-57,65,70,77-80,82-86H,12,20-22,69H2,1-5H3,(H,71,90)(H,72,81)(H,73,89)(H,74,91)(H,75,87)(H,76,88)(H,92,93)(H,94,95)/t24-,34+,35+,42-,44+,46-,47-,48+,49-,50+,51-,52-,53-,54+,56-,57-,65+,66+/m1/s1. The molecule has 2 fully saturated rings. The Morgan fingerprint density at radius 3 is 1.90 bits per heavy atom. The molecule has 35 heteroatoms. The summed E-state index contributed by atoms with van der Waals surface area (Å²) in [6.45, 7) is 5.63. The number of carboxylic acids is 2. The highest BCUT2D eigenvalue weighted by Gasteiger charge is 2.51. The number of carboxylic acid groups (broad SMARTS) is 2. The zero-order valence-electron chi connectivity index (χ0n) is 54.2. The van der Waals surface area contributed by atoms with Crippen LogP contribution in [0.1, 0.15) is 105 Å². The Bertz CT molecular complexity index is 4070. The van der Waals surface area contributed by atoms with Crippen LogP contribution in [-0.2, 0) is 52.6 Å². The second kappa shape index (κ2) is 30.2. The number of carbonyl (C=O) groups excluding carboxylic acids is 6. The van der Waals surface area contributed by atoms with Gasteiger partial charge in [-0.05, 0) is 110 Å². The number of aliphatic hydroxyl groups is 6. The van der Waals surface area contributed by atoms with Gasteiger partial charge >= 0.3 is 11.9 Å². The summed E-state index contributed by atoms with van der Waals surface area (Å²) in [5, 5.41) is 141. The molecule has 6 amide bonds. The van der Waals surface area contributed by atoms with E-state index in [0.29, 0.717) is 0 Å². The number of likely N-dealkylation sites (N-methyl/N-ethyl adjacent to an activating group) is 1. The van der Waals surface area contributed by atoms with Gasteiger partial charge in [-0.25, -0.2) is 9.59 Å². The van der Waals surface area contributed by atoms with E-state index in [9.17, 15) is 84.9 Å². The third kappa shape index (κ3) is 15.8. The minimum atomic E-state index is -2.32. The number of aliphatic carboxylic acids is 2. The van der Waals surface area contributed by atoms with E-state index in [1.165, 1.54) is 27.0 Å². The molecule has 5 aromatic rings. The number of benzene rings is 5. The molecule has 7 heterocycles. The molecule has 20 N–H and O–H groups in total. The maximum atomic E-state index is 15.9. The molecule has 7 aliphatic heterocycles. The first kappa shape index (κ1) is 74.5. The highest BCUT2D eigenvalue weighted by atomic mass is 35.5. The number of hydrogen-bond acceptors (Lipinski definition) is 25. The Balaban J connectivity index is 1.23. The Hall–Kier alpha value is -9.20. The third-order valence-corrected chi connectivity index (χ3v) is 18.3. The van der Waals surface area contributed by atoms with Gasteiger partial charge in [0, 0.05) is 34.7 Å². The van der Waals surface area contributed by atoms with E-state index < -0.39 is 242 Å². The van der Waals surface area contributed by atoms with Gasteiger partial charge in [0.1, 0.15) is 89.5 Å². The van der Waals surface area contributed by atoms with Crippen LogP contribution in [0.5, 0.6) is 46.0 Å². The van der Waals surface area contributed by atoms with E-state index >= 15 is 9.59 Å². The van der Waals surface area contributed by atoms with Gasteiger partial charge in [0.15, 0.2) is 29.9 Å². The molecule has 33 nitrogen and oxygen atoms in total. The number of nitrogens with two attached hydrogens (primary N) is 1. The number of phenols is 3. The first-order chi connectivity index (χ1) is 47.7. The van der Waals surface area contributed by atoms with Gasteiger partial charge in [-0.1, -0.05) is 55.2 Å².